The number of rotatable bonds is 5. The highest BCUT2D eigenvalue weighted by Crippen LogP contribution is 2.46. The van der Waals surface area contributed by atoms with E-state index in [0.29, 0.717) is 26.1 Å². The maximum absolute atomic E-state index is 12.8. The molecule has 0 radical (unpaired) electrons. The van der Waals surface area contributed by atoms with Gasteiger partial charge in [0.1, 0.15) is 0 Å². The minimum Gasteiger partial charge on any atom is -0.335 e. The van der Waals surface area contributed by atoms with Crippen LogP contribution in [-0.4, -0.2) is 48.4 Å². The molecule has 3 atom stereocenters. The van der Waals surface area contributed by atoms with Gasteiger partial charge >= 0.3 is 0 Å². The maximum Gasteiger partial charge on any atom is 0.223 e. The summed E-state index contributed by atoms with van der Waals surface area (Å²) in [6.45, 7) is 9.27. The Kier molecular flexibility index (Phi) is 5.45. The Morgan fingerprint density at radius 2 is 1.88 bits per heavy atom. The molecule has 1 aromatic carbocycles. The number of hydrogen-bond donors (Lipinski definition) is 0. The fourth-order valence-corrected chi connectivity index (χ4v) is 5.82. The third-order valence-corrected chi connectivity index (χ3v) is 8.09. The molecule has 1 aromatic rings. The summed E-state index contributed by atoms with van der Waals surface area (Å²) in [6.07, 6.45) is 1.38. The van der Waals surface area contributed by atoms with Gasteiger partial charge in [-0.05, 0) is 44.2 Å². The van der Waals surface area contributed by atoms with Gasteiger partial charge in [0.15, 0.2) is 0 Å². The molecule has 2 fully saturated rings. The van der Waals surface area contributed by atoms with Gasteiger partial charge in [-0.1, -0.05) is 31.2 Å². The fraction of sp³-hybridized carbons (Fsp3) is 0.650. The van der Waals surface area contributed by atoms with Crippen LogP contribution in [0.4, 0.5) is 0 Å². The van der Waals surface area contributed by atoms with Crippen molar-refractivity contribution in [3.63, 3.8) is 0 Å². The van der Waals surface area contributed by atoms with Gasteiger partial charge in [-0.15, -0.1) is 0 Å². The minimum absolute atomic E-state index is 0.0207. The molecular formula is C20H30N2O3S. The predicted molar refractivity (Wildman–Crippen MR) is 103 cm³/mol. The molecule has 6 heteroatoms. The predicted octanol–water partition coefficient (Wildman–Crippen LogP) is 2.96. The van der Waals surface area contributed by atoms with Crippen molar-refractivity contribution in [1.29, 1.82) is 0 Å². The van der Waals surface area contributed by atoms with Crippen LogP contribution in [0.25, 0.3) is 0 Å². The van der Waals surface area contributed by atoms with E-state index in [4.69, 9.17) is 0 Å². The van der Waals surface area contributed by atoms with Crippen LogP contribution in [0, 0.1) is 18.8 Å². The van der Waals surface area contributed by atoms with Crippen LogP contribution in [0.3, 0.4) is 0 Å². The summed E-state index contributed by atoms with van der Waals surface area (Å²) in [5, 5.41) is -0.406. The quantitative estimate of drug-likeness (QED) is 0.791. The SMILES string of the molecule is CCCC(=O)N1C[C@@H]2CN(S(=O)(=O)C(C)C)C[C@@H]2[C@H]1c1ccccc1C. The molecule has 2 heterocycles. The van der Waals surface area contributed by atoms with Gasteiger partial charge in [-0.25, -0.2) is 12.7 Å². The Bertz CT molecular complexity index is 775. The molecule has 2 aliphatic rings. The van der Waals surface area contributed by atoms with Crippen LogP contribution in [-0.2, 0) is 14.8 Å². The van der Waals surface area contributed by atoms with E-state index in [1.165, 1.54) is 0 Å². The molecule has 5 nitrogen and oxygen atoms in total. The number of fused-ring (bicyclic) bond motifs is 1. The van der Waals surface area contributed by atoms with Crippen molar-refractivity contribution < 1.29 is 13.2 Å². The second-order valence-corrected chi connectivity index (χ2v) is 10.4. The second kappa shape index (κ2) is 7.31. The second-order valence-electron chi connectivity index (χ2n) is 7.93. The summed E-state index contributed by atoms with van der Waals surface area (Å²) >= 11 is 0. The Hall–Kier alpha value is -1.40. The average molecular weight is 379 g/mol. The first-order valence-corrected chi connectivity index (χ1v) is 11.1. The van der Waals surface area contributed by atoms with Crippen LogP contribution in [0.5, 0.6) is 0 Å². The van der Waals surface area contributed by atoms with Crippen molar-refractivity contribution in [1.82, 2.24) is 9.21 Å². The monoisotopic (exact) mass is 378 g/mol. The van der Waals surface area contributed by atoms with Crippen molar-refractivity contribution in [2.75, 3.05) is 19.6 Å². The van der Waals surface area contributed by atoms with Gasteiger partial charge in [0.25, 0.3) is 0 Å². The van der Waals surface area contributed by atoms with E-state index in [2.05, 4.69) is 19.1 Å². The summed E-state index contributed by atoms with van der Waals surface area (Å²) < 4.78 is 26.9. The fourth-order valence-electron chi connectivity index (χ4n) is 4.44. The smallest absolute Gasteiger partial charge is 0.223 e. The van der Waals surface area contributed by atoms with Crippen LogP contribution in [0.15, 0.2) is 24.3 Å². The zero-order valence-electron chi connectivity index (χ0n) is 16.2. The molecule has 0 unspecified atom stereocenters. The first-order chi connectivity index (χ1) is 12.3. The average Bonchev–Trinajstić information content (AvgIpc) is 3.14. The summed E-state index contributed by atoms with van der Waals surface area (Å²) in [6, 6.07) is 8.16. The standard InChI is InChI=1S/C20H30N2O3S/c1-5-8-19(23)22-12-16-11-21(26(24,25)14(2)3)13-18(16)20(22)17-10-7-6-9-15(17)4/h6-7,9-10,14,16,18,20H,5,8,11-13H2,1-4H3/t16-,18-,20+/m0/s1. The number of likely N-dealkylation sites (tertiary alicyclic amines) is 1. The van der Waals surface area contributed by atoms with E-state index in [9.17, 15) is 13.2 Å². The van der Waals surface area contributed by atoms with E-state index in [1.54, 1.807) is 18.2 Å². The minimum atomic E-state index is -3.25. The third-order valence-electron chi connectivity index (χ3n) is 5.88. The number of carbonyl (C=O) groups excluding carboxylic acids is 1. The lowest BCUT2D eigenvalue weighted by Crippen LogP contribution is -2.39. The Balaban J connectivity index is 1.94. The normalized spacial score (nSPS) is 26.5. The van der Waals surface area contributed by atoms with Crippen molar-refractivity contribution in [2.45, 2.75) is 51.8 Å². The van der Waals surface area contributed by atoms with E-state index < -0.39 is 15.3 Å². The van der Waals surface area contributed by atoms with Crippen LogP contribution in [0.1, 0.15) is 50.8 Å². The van der Waals surface area contributed by atoms with E-state index >= 15 is 0 Å². The molecule has 0 N–H and O–H groups in total. The molecule has 2 saturated heterocycles. The zero-order chi connectivity index (χ0) is 19.1. The number of nitrogens with zero attached hydrogens (tertiary/aromatic N) is 2. The highest BCUT2D eigenvalue weighted by molar-refractivity contribution is 7.89. The van der Waals surface area contributed by atoms with E-state index in [1.807, 2.05) is 24.0 Å². The third kappa shape index (κ3) is 3.29. The van der Waals surface area contributed by atoms with Crippen LogP contribution < -0.4 is 0 Å². The Morgan fingerprint density at radius 3 is 2.50 bits per heavy atom. The molecular weight excluding hydrogens is 348 g/mol. The van der Waals surface area contributed by atoms with Gasteiger partial charge in [0.2, 0.25) is 15.9 Å². The molecule has 0 aromatic heterocycles. The highest BCUT2D eigenvalue weighted by atomic mass is 32.2. The van der Waals surface area contributed by atoms with Crippen LogP contribution in [0.2, 0.25) is 0 Å². The first-order valence-electron chi connectivity index (χ1n) is 9.61. The summed E-state index contributed by atoms with van der Waals surface area (Å²) in [5.74, 6) is 0.577. The maximum atomic E-state index is 12.8. The zero-order valence-corrected chi connectivity index (χ0v) is 17.0. The topological polar surface area (TPSA) is 57.7 Å². The van der Waals surface area contributed by atoms with Crippen LogP contribution >= 0.6 is 0 Å². The summed E-state index contributed by atoms with van der Waals surface area (Å²) in [5.41, 5.74) is 2.32. The number of sulfonamides is 1. The lowest BCUT2D eigenvalue weighted by molar-refractivity contribution is -0.132. The first kappa shape index (κ1) is 19.4. The van der Waals surface area contributed by atoms with Gasteiger partial charge in [-0.3, -0.25) is 4.79 Å². The van der Waals surface area contributed by atoms with Crippen molar-refractivity contribution in [3.05, 3.63) is 35.4 Å². The van der Waals surface area contributed by atoms with E-state index in [0.717, 1.165) is 17.5 Å². The summed E-state index contributed by atoms with van der Waals surface area (Å²) in [7, 11) is -3.25. The van der Waals surface area contributed by atoms with Gasteiger partial charge in [0.05, 0.1) is 11.3 Å². The Labute approximate surface area is 157 Å². The number of benzene rings is 1. The van der Waals surface area contributed by atoms with Gasteiger partial charge in [0, 0.05) is 32.0 Å². The molecule has 2 aliphatic heterocycles. The molecule has 0 spiro atoms. The molecule has 3 rings (SSSR count). The molecule has 0 saturated carbocycles. The molecule has 26 heavy (non-hydrogen) atoms. The molecule has 1 amide bonds. The largest absolute Gasteiger partial charge is 0.335 e. The van der Waals surface area contributed by atoms with Crippen molar-refractivity contribution in [2.24, 2.45) is 11.8 Å². The molecule has 144 valence electrons. The number of amides is 1. The van der Waals surface area contributed by atoms with Gasteiger partial charge in [-0.2, -0.15) is 0 Å². The number of hydrogen-bond acceptors (Lipinski definition) is 3. The lowest BCUT2D eigenvalue weighted by Gasteiger charge is -2.31. The van der Waals surface area contributed by atoms with Gasteiger partial charge < -0.3 is 4.90 Å². The van der Waals surface area contributed by atoms with E-state index in [-0.39, 0.29) is 23.8 Å². The summed E-state index contributed by atoms with van der Waals surface area (Å²) in [4.78, 5) is 14.8. The number of aryl methyl sites for hydroxylation is 1. The number of carbonyl (C=O) groups is 1. The molecule has 0 aliphatic carbocycles. The van der Waals surface area contributed by atoms with Crippen molar-refractivity contribution >= 4 is 15.9 Å². The highest BCUT2D eigenvalue weighted by Gasteiger charge is 2.51. The Morgan fingerprint density at radius 1 is 1.19 bits per heavy atom. The molecule has 0 bridgehead atoms. The van der Waals surface area contributed by atoms with Crippen molar-refractivity contribution in [3.8, 4) is 0 Å². The lowest BCUT2D eigenvalue weighted by atomic mass is 9.87.